The number of ether oxygens (including phenoxy) is 1. The fourth-order valence-corrected chi connectivity index (χ4v) is 2.88. The van der Waals surface area contributed by atoms with Crippen molar-refractivity contribution in [3.8, 4) is 5.75 Å². The number of nitrogens with one attached hydrogen (secondary N) is 1. The standard InChI is InChI=1S/C19H22FNO/c20-17-10-8-15(9-11-17)14-22-19-7-3-4-16(12-19)13-21-18-5-1-2-6-18/h3-4,7-12,18,21H,1-2,5-6,13-14H2. The molecule has 3 rings (SSSR count). The lowest BCUT2D eigenvalue weighted by atomic mass is 10.2. The maximum Gasteiger partial charge on any atom is 0.123 e. The molecule has 2 nitrogen and oxygen atoms in total. The predicted molar refractivity (Wildman–Crippen MR) is 86.3 cm³/mol. The van der Waals surface area contributed by atoms with Crippen molar-refractivity contribution in [1.82, 2.24) is 5.32 Å². The van der Waals surface area contributed by atoms with Crippen LogP contribution in [0.1, 0.15) is 36.8 Å². The van der Waals surface area contributed by atoms with E-state index in [1.807, 2.05) is 12.1 Å². The molecule has 1 fully saturated rings. The third kappa shape index (κ3) is 4.31. The fourth-order valence-electron chi connectivity index (χ4n) is 2.88. The molecule has 0 amide bonds. The maximum absolute atomic E-state index is 12.9. The quantitative estimate of drug-likeness (QED) is 0.851. The molecule has 0 heterocycles. The lowest BCUT2D eigenvalue weighted by molar-refractivity contribution is 0.305. The fraction of sp³-hybridized carbons (Fsp3) is 0.368. The Morgan fingerprint density at radius 1 is 1.00 bits per heavy atom. The summed E-state index contributed by atoms with van der Waals surface area (Å²) in [6.07, 6.45) is 5.28. The first-order valence-electron chi connectivity index (χ1n) is 7.99. The zero-order valence-electron chi connectivity index (χ0n) is 12.7. The minimum absolute atomic E-state index is 0.219. The SMILES string of the molecule is Fc1ccc(COc2cccc(CNC3CCCC3)c2)cc1. The Hall–Kier alpha value is -1.87. The number of rotatable bonds is 6. The van der Waals surface area contributed by atoms with Crippen molar-refractivity contribution in [1.29, 1.82) is 0 Å². The zero-order chi connectivity index (χ0) is 15.2. The van der Waals surface area contributed by atoms with Gasteiger partial charge in [-0.1, -0.05) is 37.1 Å². The molecule has 0 unspecified atom stereocenters. The Morgan fingerprint density at radius 3 is 2.55 bits per heavy atom. The van der Waals surface area contributed by atoms with E-state index in [4.69, 9.17) is 4.74 Å². The molecule has 2 aromatic carbocycles. The van der Waals surface area contributed by atoms with E-state index in [1.54, 1.807) is 12.1 Å². The maximum atomic E-state index is 12.9. The molecule has 1 N–H and O–H groups in total. The first-order valence-corrected chi connectivity index (χ1v) is 7.99. The lowest BCUT2D eigenvalue weighted by Crippen LogP contribution is -2.25. The smallest absolute Gasteiger partial charge is 0.123 e. The van der Waals surface area contributed by atoms with Crippen LogP contribution in [0.3, 0.4) is 0 Å². The van der Waals surface area contributed by atoms with Gasteiger partial charge in [-0.2, -0.15) is 0 Å². The summed E-state index contributed by atoms with van der Waals surface area (Å²) in [5, 5.41) is 3.61. The Morgan fingerprint density at radius 2 is 1.77 bits per heavy atom. The summed E-state index contributed by atoms with van der Waals surface area (Å²) >= 11 is 0. The second-order valence-corrected chi connectivity index (χ2v) is 5.92. The van der Waals surface area contributed by atoms with Crippen LogP contribution in [0.4, 0.5) is 4.39 Å². The van der Waals surface area contributed by atoms with Crippen LogP contribution in [0.5, 0.6) is 5.75 Å². The molecule has 0 aromatic heterocycles. The van der Waals surface area contributed by atoms with Crippen molar-refractivity contribution in [2.45, 2.75) is 44.9 Å². The van der Waals surface area contributed by atoms with Gasteiger partial charge >= 0.3 is 0 Å². The minimum Gasteiger partial charge on any atom is -0.489 e. The molecule has 0 radical (unpaired) electrons. The van der Waals surface area contributed by atoms with Crippen LogP contribution < -0.4 is 10.1 Å². The summed E-state index contributed by atoms with van der Waals surface area (Å²) in [5.74, 6) is 0.638. The van der Waals surface area contributed by atoms with E-state index in [9.17, 15) is 4.39 Å². The van der Waals surface area contributed by atoms with Gasteiger partial charge in [0.25, 0.3) is 0 Å². The molecular formula is C19H22FNO. The Labute approximate surface area is 131 Å². The summed E-state index contributed by atoms with van der Waals surface area (Å²) in [5.41, 5.74) is 2.21. The van der Waals surface area contributed by atoms with E-state index in [0.717, 1.165) is 17.9 Å². The molecule has 0 aliphatic heterocycles. The predicted octanol–water partition coefficient (Wildman–Crippen LogP) is 4.44. The van der Waals surface area contributed by atoms with Crippen molar-refractivity contribution in [3.63, 3.8) is 0 Å². The normalized spacial score (nSPS) is 15.1. The molecule has 3 heteroatoms. The lowest BCUT2D eigenvalue weighted by Gasteiger charge is -2.13. The van der Waals surface area contributed by atoms with E-state index in [-0.39, 0.29) is 5.82 Å². The number of hydrogen-bond donors (Lipinski definition) is 1. The number of hydrogen-bond acceptors (Lipinski definition) is 2. The molecule has 1 aliphatic rings. The van der Waals surface area contributed by atoms with Crippen LogP contribution in [-0.4, -0.2) is 6.04 Å². The van der Waals surface area contributed by atoms with Gasteiger partial charge in [0.1, 0.15) is 18.2 Å². The molecule has 116 valence electrons. The van der Waals surface area contributed by atoms with Gasteiger partial charge in [-0.15, -0.1) is 0 Å². The second kappa shape index (κ2) is 7.41. The molecule has 22 heavy (non-hydrogen) atoms. The zero-order valence-corrected chi connectivity index (χ0v) is 12.7. The van der Waals surface area contributed by atoms with Gasteiger partial charge in [0.2, 0.25) is 0 Å². The van der Waals surface area contributed by atoms with Gasteiger partial charge in [0.05, 0.1) is 0 Å². The van der Waals surface area contributed by atoms with Gasteiger partial charge < -0.3 is 10.1 Å². The molecule has 2 aromatic rings. The van der Waals surface area contributed by atoms with Crippen LogP contribution in [0.25, 0.3) is 0 Å². The largest absolute Gasteiger partial charge is 0.489 e. The molecule has 0 spiro atoms. The van der Waals surface area contributed by atoms with E-state index >= 15 is 0 Å². The second-order valence-electron chi connectivity index (χ2n) is 5.92. The summed E-state index contributed by atoms with van der Waals surface area (Å²) in [6.45, 7) is 1.35. The summed E-state index contributed by atoms with van der Waals surface area (Å²) in [4.78, 5) is 0. The van der Waals surface area contributed by atoms with Gasteiger partial charge in [-0.05, 0) is 48.2 Å². The Balaban J connectivity index is 1.52. The highest BCUT2D eigenvalue weighted by molar-refractivity contribution is 5.29. The van der Waals surface area contributed by atoms with E-state index in [2.05, 4.69) is 17.4 Å². The van der Waals surface area contributed by atoms with Crippen molar-refractivity contribution in [2.24, 2.45) is 0 Å². The molecule has 1 aliphatic carbocycles. The van der Waals surface area contributed by atoms with E-state index in [0.29, 0.717) is 12.6 Å². The average molecular weight is 299 g/mol. The summed E-state index contributed by atoms with van der Waals surface area (Å²) < 4.78 is 18.7. The Kier molecular flexibility index (Phi) is 5.07. The van der Waals surface area contributed by atoms with Crippen LogP contribution in [0, 0.1) is 5.82 Å². The van der Waals surface area contributed by atoms with Crippen LogP contribution in [0.15, 0.2) is 48.5 Å². The van der Waals surface area contributed by atoms with Crippen molar-refractivity contribution < 1.29 is 9.13 Å². The van der Waals surface area contributed by atoms with Crippen LogP contribution >= 0.6 is 0 Å². The molecular weight excluding hydrogens is 277 g/mol. The first kappa shape index (κ1) is 15.0. The highest BCUT2D eigenvalue weighted by Gasteiger charge is 2.13. The monoisotopic (exact) mass is 299 g/mol. The van der Waals surface area contributed by atoms with Crippen molar-refractivity contribution in [2.75, 3.05) is 0 Å². The number of halogens is 1. The van der Waals surface area contributed by atoms with Crippen LogP contribution in [0.2, 0.25) is 0 Å². The number of benzene rings is 2. The summed E-state index contributed by atoms with van der Waals surface area (Å²) in [6, 6.07) is 15.3. The highest BCUT2D eigenvalue weighted by atomic mass is 19.1. The van der Waals surface area contributed by atoms with E-state index in [1.165, 1.54) is 43.4 Å². The van der Waals surface area contributed by atoms with E-state index < -0.39 is 0 Å². The van der Waals surface area contributed by atoms with Gasteiger partial charge in [0.15, 0.2) is 0 Å². The first-order chi connectivity index (χ1) is 10.8. The molecule has 1 saturated carbocycles. The van der Waals surface area contributed by atoms with Crippen molar-refractivity contribution >= 4 is 0 Å². The minimum atomic E-state index is -0.219. The van der Waals surface area contributed by atoms with Gasteiger partial charge in [-0.25, -0.2) is 4.39 Å². The Bertz CT molecular complexity index is 591. The molecule has 0 atom stereocenters. The van der Waals surface area contributed by atoms with Gasteiger partial charge in [0, 0.05) is 12.6 Å². The average Bonchev–Trinajstić information content (AvgIpc) is 3.06. The molecule has 0 bridgehead atoms. The van der Waals surface area contributed by atoms with Crippen LogP contribution in [-0.2, 0) is 13.2 Å². The summed E-state index contributed by atoms with van der Waals surface area (Å²) in [7, 11) is 0. The third-order valence-corrected chi connectivity index (χ3v) is 4.17. The third-order valence-electron chi connectivity index (χ3n) is 4.17. The highest BCUT2D eigenvalue weighted by Crippen LogP contribution is 2.19. The van der Waals surface area contributed by atoms with Gasteiger partial charge in [-0.3, -0.25) is 0 Å². The molecule has 0 saturated heterocycles. The topological polar surface area (TPSA) is 21.3 Å². The van der Waals surface area contributed by atoms with Crippen molar-refractivity contribution in [3.05, 3.63) is 65.5 Å².